The van der Waals surface area contributed by atoms with Gasteiger partial charge in [-0.25, -0.2) is 9.59 Å². The van der Waals surface area contributed by atoms with Crippen LogP contribution in [0.2, 0.25) is 0 Å². The maximum atomic E-state index is 11.9. The van der Waals surface area contributed by atoms with Crippen LogP contribution in [0.25, 0.3) is 6.08 Å². The Labute approximate surface area is 172 Å². The van der Waals surface area contributed by atoms with Crippen LogP contribution in [0.1, 0.15) is 31.4 Å². The highest BCUT2D eigenvalue weighted by molar-refractivity contribution is 9.10. The van der Waals surface area contributed by atoms with E-state index in [0.29, 0.717) is 5.75 Å². The molecule has 2 unspecified atom stereocenters. The Morgan fingerprint density at radius 1 is 1.18 bits per heavy atom. The number of carboxylic acids is 1. The number of nitrogens with zero attached hydrogens (tertiary/aromatic N) is 1. The van der Waals surface area contributed by atoms with E-state index in [1.54, 1.807) is 30.3 Å². The summed E-state index contributed by atoms with van der Waals surface area (Å²) in [6.07, 6.45) is 5.30. The first kappa shape index (κ1) is 21.6. The van der Waals surface area contributed by atoms with Gasteiger partial charge in [-0.3, -0.25) is 4.99 Å². The van der Waals surface area contributed by atoms with Crippen LogP contribution in [0, 0.1) is 5.92 Å². The van der Waals surface area contributed by atoms with Crippen molar-refractivity contribution in [3.8, 4) is 5.75 Å². The Hall–Kier alpha value is -2.73. The Balaban J connectivity index is 1.97. The average Bonchev–Trinajstić information content (AvgIpc) is 2.67. The summed E-state index contributed by atoms with van der Waals surface area (Å²) < 4.78 is 6.19. The fourth-order valence-corrected chi connectivity index (χ4v) is 2.81. The highest BCUT2D eigenvalue weighted by Crippen LogP contribution is 2.15. The lowest BCUT2D eigenvalue weighted by atomic mass is 10.00. The van der Waals surface area contributed by atoms with Crippen LogP contribution in [-0.4, -0.2) is 29.3 Å². The third kappa shape index (κ3) is 6.78. The van der Waals surface area contributed by atoms with Crippen LogP contribution in [0.15, 0.2) is 64.1 Å². The number of ether oxygens (including phenoxy) is 1. The fraction of sp³-hybridized carbons (Fsp3) is 0.227. The van der Waals surface area contributed by atoms with Crippen LogP contribution < -0.4 is 4.74 Å². The van der Waals surface area contributed by atoms with E-state index >= 15 is 0 Å². The van der Waals surface area contributed by atoms with Gasteiger partial charge in [-0.1, -0.05) is 48.3 Å². The number of esters is 1. The van der Waals surface area contributed by atoms with Gasteiger partial charge in [-0.05, 0) is 59.5 Å². The first-order chi connectivity index (χ1) is 13.4. The molecule has 0 fully saturated rings. The minimum absolute atomic E-state index is 0.0500. The molecule has 2 aromatic carbocycles. The van der Waals surface area contributed by atoms with Crippen molar-refractivity contribution in [1.82, 2.24) is 0 Å². The SMILES string of the molecule is CCC(C)C(/N=C/c1ccc(OC(=O)/C=C/c2cccc(Br)c2)cc1)C(=O)O. The van der Waals surface area contributed by atoms with Gasteiger partial charge in [0, 0.05) is 16.8 Å². The van der Waals surface area contributed by atoms with Crippen molar-refractivity contribution in [2.75, 3.05) is 0 Å². The number of hydrogen-bond donors (Lipinski definition) is 1. The molecule has 1 N–H and O–H groups in total. The van der Waals surface area contributed by atoms with E-state index in [2.05, 4.69) is 20.9 Å². The lowest BCUT2D eigenvalue weighted by Gasteiger charge is -2.13. The summed E-state index contributed by atoms with van der Waals surface area (Å²) in [6.45, 7) is 3.80. The molecule has 0 aliphatic carbocycles. The van der Waals surface area contributed by atoms with Gasteiger partial charge in [-0.15, -0.1) is 0 Å². The number of carbonyl (C=O) groups excluding carboxylic acids is 1. The van der Waals surface area contributed by atoms with Crippen molar-refractivity contribution >= 4 is 40.2 Å². The van der Waals surface area contributed by atoms with Crippen molar-refractivity contribution in [3.05, 3.63) is 70.2 Å². The summed E-state index contributed by atoms with van der Waals surface area (Å²) in [5.41, 5.74) is 1.62. The second-order valence-corrected chi connectivity index (χ2v) is 7.24. The summed E-state index contributed by atoms with van der Waals surface area (Å²) in [5.74, 6) is -1.07. The number of hydrogen-bond acceptors (Lipinski definition) is 4. The van der Waals surface area contributed by atoms with E-state index in [4.69, 9.17) is 4.74 Å². The predicted molar refractivity (Wildman–Crippen MR) is 114 cm³/mol. The molecule has 0 aliphatic rings. The van der Waals surface area contributed by atoms with Crippen LogP contribution in [0.3, 0.4) is 0 Å². The molecule has 28 heavy (non-hydrogen) atoms. The monoisotopic (exact) mass is 443 g/mol. The summed E-state index contributed by atoms with van der Waals surface area (Å²) in [5, 5.41) is 9.26. The summed E-state index contributed by atoms with van der Waals surface area (Å²) in [7, 11) is 0. The van der Waals surface area contributed by atoms with Crippen molar-refractivity contribution in [3.63, 3.8) is 0 Å². The Bertz CT molecular complexity index is 874. The van der Waals surface area contributed by atoms with Gasteiger partial charge in [0.15, 0.2) is 0 Å². The Kier molecular flexibility index (Phi) is 8.14. The second kappa shape index (κ2) is 10.6. The zero-order chi connectivity index (χ0) is 20.5. The van der Waals surface area contributed by atoms with Gasteiger partial charge < -0.3 is 9.84 Å². The molecule has 0 saturated carbocycles. The molecular weight excluding hydrogens is 422 g/mol. The van der Waals surface area contributed by atoms with E-state index in [0.717, 1.165) is 22.0 Å². The molecule has 6 heteroatoms. The maximum Gasteiger partial charge on any atom is 0.336 e. The Morgan fingerprint density at radius 3 is 2.50 bits per heavy atom. The van der Waals surface area contributed by atoms with E-state index in [1.165, 1.54) is 12.3 Å². The van der Waals surface area contributed by atoms with Crippen LogP contribution in [0.4, 0.5) is 0 Å². The number of aliphatic imine (C=N–C) groups is 1. The van der Waals surface area contributed by atoms with Crippen molar-refractivity contribution in [2.45, 2.75) is 26.3 Å². The molecule has 2 atom stereocenters. The number of aliphatic carboxylic acids is 1. The number of carbonyl (C=O) groups is 2. The highest BCUT2D eigenvalue weighted by atomic mass is 79.9. The molecule has 2 rings (SSSR count). The lowest BCUT2D eigenvalue weighted by molar-refractivity contribution is -0.139. The number of rotatable bonds is 8. The largest absolute Gasteiger partial charge is 0.480 e. The average molecular weight is 444 g/mol. The first-order valence-electron chi connectivity index (χ1n) is 8.90. The van der Waals surface area contributed by atoms with E-state index in [-0.39, 0.29) is 5.92 Å². The highest BCUT2D eigenvalue weighted by Gasteiger charge is 2.21. The zero-order valence-electron chi connectivity index (χ0n) is 15.7. The Morgan fingerprint density at radius 2 is 1.89 bits per heavy atom. The third-order valence-electron chi connectivity index (χ3n) is 4.18. The molecule has 0 saturated heterocycles. The quantitative estimate of drug-likeness (QED) is 0.270. The standard InChI is InChI=1S/C22H22BrNO4/c1-3-15(2)21(22(26)27)24-14-17-7-10-19(11-8-17)28-20(25)12-9-16-5-4-6-18(23)13-16/h4-15,21H,3H2,1-2H3,(H,26,27)/b12-9+,24-14+. The summed E-state index contributed by atoms with van der Waals surface area (Å²) in [4.78, 5) is 27.4. The van der Waals surface area contributed by atoms with Crippen LogP contribution in [-0.2, 0) is 9.59 Å². The summed E-state index contributed by atoms with van der Waals surface area (Å²) in [6, 6.07) is 13.5. The summed E-state index contributed by atoms with van der Waals surface area (Å²) >= 11 is 3.38. The second-order valence-electron chi connectivity index (χ2n) is 6.33. The van der Waals surface area contributed by atoms with Gasteiger partial charge in [0.2, 0.25) is 0 Å². The predicted octanol–water partition coefficient (Wildman–Crippen LogP) is 4.99. The van der Waals surface area contributed by atoms with Crippen molar-refractivity contribution < 1.29 is 19.4 Å². The van der Waals surface area contributed by atoms with Gasteiger partial charge in [0.05, 0.1) is 0 Å². The normalized spacial score (nSPS) is 13.5. The maximum absolute atomic E-state index is 11.9. The third-order valence-corrected chi connectivity index (χ3v) is 4.67. The van der Waals surface area contributed by atoms with E-state index < -0.39 is 18.0 Å². The topological polar surface area (TPSA) is 76.0 Å². The molecule has 146 valence electrons. The van der Waals surface area contributed by atoms with Crippen LogP contribution in [0.5, 0.6) is 5.75 Å². The number of carboxylic acid groups (broad SMARTS) is 1. The van der Waals surface area contributed by atoms with Gasteiger partial charge in [-0.2, -0.15) is 0 Å². The number of benzene rings is 2. The molecule has 0 radical (unpaired) electrons. The minimum Gasteiger partial charge on any atom is -0.480 e. The van der Waals surface area contributed by atoms with E-state index in [9.17, 15) is 14.7 Å². The minimum atomic E-state index is -0.937. The molecule has 0 heterocycles. The zero-order valence-corrected chi connectivity index (χ0v) is 17.3. The first-order valence-corrected chi connectivity index (χ1v) is 9.70. The fourth-order valence-electron chi connectivity index (χ4n) is 2.39. The van der Waals surface area contributed by atoms with Gasteiger partial charge in [0.1, 0.15) is 11.8 Å². The lowest BCUT2D eigenvalue weighted by Crippen LogP contribution is -2.25. The van der Waals surface area contributed by atoms with Crippen LogP contribution >= 0.6 is 15.9 Å². The molecule has 0 aliphatic heterocycles. The van der Waals surface area contributed by atoms with E-state index in [1.807, 2.05) is 38.1 Å². The molecule has 0 spiro atoms. The smallest absolute Gasteiger partial charge is 0.336 e. The van der Waals surface area contributed by atoms with Gasteiger partial charge >= 0.3 is 11.9 Å². The van der Waals surface area contributed by atoms with Crippen molar-refractivity contribution in [1.29, 1.82) is 0 Å². The molecule has 0 amide bonds. The molecule has 0 bridgehead atoms. The van der Waals surface area contributed by atoms with Crippen molar-refractivity contribution in [2.24, 2.45) is 10.9 Å². The molecule has 0 aromatic heterocycles. The number of halogens is 1. The molecule has 2 aromatic rings. The molecule has 5 nitrogen and oxygen atoms in total. The molecular formula is C22H22BrNO4. The van der Waals surface area contributed by atoms with Gasteiger partial charge in [0.25, 0.3) is 0 Å².